The molecule has 0 radical (unpaired) electrons. The highest BCUT2D eigenvalue weighted by molar-refractivity contribution is 5.69. The van der Waals surface area contributed by atoms with Crippen LogP contribution in [0.1, 0.15) is 44.5 Å². The molecule has 0 bridgehead atoms. The van der Waals surface area contributed by atoms with Gasteiger partial charge in [0.2, 0.25) is 0 Å². The average molecular weight is 284 g/mol. The number of rotatable bonds is 6. The lowest BCUT2D eigenvalue weighted by molar-refractivity contribution is -0.138. The standard InChI is InChI=1S/C15H21FO4/c1-9(16)10-6-13(20-5)11(7-12(10)19-4)15(2,3)8-14(17)18/h6-7,9H,8H2,1-5H3,(H,17,18). The van der Waals surface area contributed by atoms with E-state index in [1.165, 1.54) is 21.1 Å². The van der Waals surface area contributed by atoms with Crippen molar-refractivity contribution in [2.45, 2.75) is 38.8 Å². The quantitative estimate of drug-likeness (QED) is 0.868. The Hall–Kier alpha value is -1.78. The van der Waals surface area contributed by atoms with Gasteiger partial charge in [0.05, 0.1) is 20.6 Å². The van der Waals surface area contributed by atoms with Crippen molar-refractivity contribution in [3.05, 3.63) is 23.3 Å². The number of aliphatic carboxylic acids is 1. The van der Waals surface area contributed by atoms with E-state index >= 15 is 0 Å². The maximum Gasteiger partial charge on any atom is 0.304 e. The van der Waals surface area contributed by atoms with Crippen molar-refractivity contribution in [3.8, 4) is 11.5 Å². The largest absolute Gasteiger partial charge is 0.496 e. The first-order valence-corrected chi connectivity index (χ1v) is 6.35. The zero-order valence-electron chi connectivity index (χ0n) is 12.5. The number of alkyl halides is 1. The summed E-state index contributed by atoms with van der Waals surface area (Å²) in [6, 6.07) is 3.23. The highest BCUT2D eigenvalue weighted by Gasteiger charge is 2.29. The minimum Gasteiger partial charge on any atom is -0.496 e. The van der Waals surface area contributed by atoms with Gasteiger partial charge in [-0.3, -0.25) is 4.79 Å². The molecular weight excluding hydrogens is 263 g/mol. The van der Waals surface area contributed by atoms with E-state index in [-0.39, 0.29) is 6.42 Å². The number of ether oxygens (including phenoxy) is 2. The highest BCUT2D eigenvalue weighted by atomic mass is 19.1. The fourth-order valence-electron chi connectivity index (χ4n) is 2.23. The lowest BCUT2D eigenvalue weighted by atomic mass is 9.80. The second-order valence-corrected chi connectivity index (χ2v) is 5.36. The number of benzene rings is 1. The Morgan fingerprint density at radius 2 is 1.85 bits per heavy atom. The minimum absolute atomic E-state index is 0.0585. The molecule has 0 saturated heterocycles. The Morgan fingerprint density at radius 1 is 1.30 bits per heavy atom. The summed E-state index contributed by atoms with van der Waals surface area (Å²) in [5.41, 5.74) is 0.422. The van der Waals surface area contributed by atoms with E-state index in [0.717, 1.165) is 0 Å². The number of carboxylic acid groups (broad SMARTS) is 1. The molecule has 0 amide bonds. The van der Waals surface area contributed by atoms with Crippen molar-refractivity contribution in [2.75, 3.05) is 14.2 Å². The Bertz CT molecular complexity index is 495. The van der Waals surface area contributed by atoms with Gasteiger partial charge in [-0.05, 0) is 19.1 Å². The Morgan fingerprint density at radius 3 is 2.25 bits per heavy atom. The normalized spacial score (nSPS) is 12.9. The van der Waals surface area contributed by atoms with Gasteiger partial charge in [0, 0.05) is 16.5 Å². The Labute approximate surface area is 118 Å². The molecule has 20 heavy (non-hydrogen) atoms. The molecule has 0 fully saturated rings. The van der Waals surface area contributed by atoms with Crippen LogP contribution >= 0.6 is 0 Å². The van der Waals surface area contributed by atoms with Crippen LogP contribution in [0.15, 0.2) is 12.1 Å². The molecule has 0 aliphatic rings. The number of hydrogen-bond acceptors (Lipinski definition) is 3. The monoisotopic (exact) mass is 284 g/mol. The molecular formula is C15H21FO4. The summed E-state index contributed by atoms with van der Waals surface area (Å²) in [5.74, 6) is -0.0373. The molecule has 1 unspecified atom stereocenters. The van der Waals surface area contributed by atoms with Gasteiger partial charge in [-0.15, -0.1) is 0 Å². The van der Waals surface area contributed by atoms with Crippen LogP contribution in [0.4, 0.5) is 4.39 Å². The summed E-state index contributed by atoms with van der Waals surface area (Å²) in [7, 11) is 2.94. The Balaban J connectivity index is 3.42. The van der Waals surface area contributed by atoms with E-state index in [1.54, 1.807) is 26.0 Å². The molecule has 0 aromatic heterocycles. The number of carboxylic acids is 1. The maximum atomic E-state index is 13.6. The van der Waals surface area contributed by atoms with Gasteiger partial charge >= 0.3 is 5.97 Å². The summed E-state index contributed by atoms with van der Waals surface area (Å²) < 4.78 is 24.1. The molecule has 1 atom stereocenters. The Kier molecular flexibility index (Phi) is 4.98. The van der Waals surface area contributed by atoms with Gasteiger partial charge in [-0.2, -0.15) is 0 Å². The van der Waals surface area contributed by atoms with Crippen LogP contribution in [0.3, 0.4) is 0 Å². The van der Waals surface area contributed by atoms with E-state index < -0.39 is 17.6 Å². The van der Waals surface area contributed by atoms with Crippen LogP contribution in [-0.4, -0.2) is 25.3 Å². The predicted molar refractivity (Wildman–Crippen MR) is 74.3 cm³/mol. The third-order valence-corrected chi connectivity index (χ3v) is 3.30. The van der Waals surface area contributed by atoms with Crippen molar-refractivity contribution in [1.82, 2.24) is 0 Å². The lowest BCUT2D eigenvalue weighted by Gasteiger charge is -2.27. The fraction of sp³-hybridized carbons (Fsp3) is 0.533. The molecule has 0 heterocycles. The number of hydrogen-bond donors (Lipinski definition) is 1. The third-order valence-electron chi connectivity index (χ3n) is 3.30. The minimum atomic E-state index is -1.20. The molecule has 0 spiro atoms. The first-order chi connectivity index (χ1) is 9.22. The second kappa shape index (κ2) is 6.11. The van der Waals surface area contributed by atoms with Crippen molar-refractivity contribution in [3.63, 3.8) is 0 Å². The summed E-state index contributed by atoms with van der Waals surface area (Å²) in [5, 5.41) is 9.01. The molecule has 112 valence electrons. The molecule has 0 aliphatic carbocycles. The third kappa shape index (κ3) is 3.40. The van der Waals surface area contributed by atoms with E-state index in [0.29, 0.717) is 22.6 Å². The van der Waals surface area contributed by atoms with Crippen LogP contribution in [0.2, 0.25) is 0 Å². The second-order valence-electron chi connectivity index (χ2n) is 5.36. The van der Waals surface area contributed by atoms with Crippen molar-refractivity contribution >= 4 is 5.97 Å². The van der Waals surface area contributed by atoms with E-state index in [9.17, 15) is 9.18 Å². The topological polar surface area (TPSA) is 55.8 Å². The van der Waals surface area contributed by atoms with E-state index in [4.69, 9.17) is 14.6 Å². The predicted octanol–water partition coefficient (Wildman–Crippen LogP) is 3.49. The molecule has 0 aliphatic heterocycles. The highest BCUT2D eigenvalue weighted by Crippen LogP contribution is 2.41. The van der Waals surface area contributed by atoms with Crippen LogP contribution in [0.5, 0.6) is 11.5 Å². The molecule has 0 saturated carbocycles. The smallest absolute Gasteiger partial charge is 0.304 e. The maximum absolute atomic E-state index is 13.6. The fourth-order valence-corrected chi connectivity index (χ4v) is 2.23. The van der Waals surface area contributed by atoms with Gasteiger partial charge < -0.3 is 14.6 Å². The van der Waals surface area contributed by atoms with Gasteiger partial charge in [-0.25, -0.2) is 4.39 Å². The molecule has 1 aromatic rings. The molecule has 4 nitrogen and oxygen atoms in total. The van der Waals surface area contributed by atoms with Crippen LogP contribution in [0.25, 0.3) is 0 Å². The first-order valence-electron chi connectivity index (χ1n) is 6.35. The van der Waals surface area contributed by atoms with Crippen LogP contribution in [-0.2, 0) is 10.2 Å². The zero-order chi connectivity index (χ0) is 15.5. The molecule has 1 N–H and O–H groups in total. The van der Waals surface area contributed by atoms with Crippen LogP contribution in [0, 0.1) is 0 Å². The number of halogens is 1. The lowest BCUT2D eigenvalue weighted by Crippen LogP contribution is -2.22. The summed E-state index contributed by atoms with van der Waals surface area (Å²) in [6.07, 6.45) is -1.26. The molecule has 1 rings (SSSR count). The van der Waals surface area contributed by atoms with Gasteiger partial charge in [-0.1, -0.05) is 13.8 Å². The molecule has 5 heteroatoms. The van der Waals surface area contributed by atoms with Crippen molar-refractivity contribution < 1.29 is 23.8 Å². The number of carbonyl (C=O) groups is 1. The van der Waals surface area contributed by atoms with Gasteiger partial charge in [0.15, 0.2) is 0 Å². The summed E-state index contributed by atoms with van der Waals surface area (Å²) in [6.45, 7) is 5.02. The van der Waals surface area contributed by atoms with Gasteiger partial charge in [0.25, 0.3) is 0 Å². The van der Waals surface area contributed by atoms with Crippen molar-refractivity contribution in [1.29, 1.82) is 0 Å². The summed E-state index contributed by atoms with van der Waals surface area (Å²) in [4.78, 5) is 11.0. The first kappa shape index (κ1) is 16.3. The van der Waals surface area contributed by atoms with E-state index in [1.807, 2.05) is 0 Å². The summed E-state index contributed by atoms with van der Waals surface area (Å²) >= 11 is 0. The zero-order valence-corrected chi connectivity index (χ0v) is 12.5. The SMILES string of the molecule is COc1cc(C(C)(C)CC(=O)O)c(OC)cc1C(C)F. The van der Waals surface area contributed by atoms with Gasteiger partial charge in [0.1, 0.15) is 17.7 Å². The molecule has 1 aromatic carbocycles. The van der Waals surface area contributed by atoms with Crippen LogP contribution < -0.4 is 9.47 Å². The average Bonchev–Trinajstić information content (AvgIpc) is 2.35. The number of methoxy groups -OCH3 is 2. The van der Waals surface area contributed by atoms with Crippen molar-refractivity contribution in [2.24, 2.45) is 0 Å². The van der Waals surface area contributed by atoms with E-state index in [2.05, 4.69) is 0 Å².